The minimum atomic E-state index is -0.869. The van der Waals surface area contributed by atoms with E-state index in [1.54, 1.807) is 0 Å². The first kappa shape index (κ1) is 13.0. The summed E-state index contributed by atoms with van der Waals surface area (Å²) in [6, 6.07) is 2.27. The van der Waals surface area contributed by atoms with Crippen LogP contribution in [0.2, 0.25) is 0 Å². The summed E-state index contributed by atoms with van der Waals surface area (Å²) in [6.07, 6.45) is -0.869. The molecule has 16 heavy (non-hydrogen) atoms. The minimum Gasteiger partial charge on any atom is -0.494 e. The van der Waals surface area contributed by atoms with Gasteiger partial charge in [0.25, 0.3) is 0 Å². The minimum absolute atomic E-state index is 0.0137. The predicted molar refractivity (Wildman–Crippen MR) is 58.1 cm³/mol. The molecule has 90 valence electrons. The second-order valence-corrected chi connectivity index (χ2v) is 3.44. The van der Waals surface area contributed by atoms with Gasteiger partial charge in [0.15, 0.2) is 11.6 Å². The molecule has 1 aromatic rings. The van der Waals surface area contributed by atoms with Crippen molar-refractivity contribution >= 4 is 17.3 Å². The fraction of sp³-hybridized carbons (Fsp3) is 0.400. The number of ether oxygens (including phenoxy) is 1. The summed E-state index contributed by atoms with van der Waals surface area (Å²) in [5.74, 6) is -1.66. The van der Waals surface area contributed by atoms with Crippen LogP contribution in [0.3, 0.4) is 0 Å². The van der Waals surface area contributed by atoms with Crippen LogP contribution in [0.15, 0.2) is 12.1 Å². The standard InChI is InChI=1S/C10H12ClF2NO2/c1-16-8-3-2-7(12)10(9(8)13)14-5-6(15)4-11/h2-3,6,14-15H,4-5H2,1H3. The summed E-state index contributed by atoms with van der Waals surface area (Å²) < 4.78 is 31.5. The molecule has 1 aromatic carbocycles. The van der Waals surface area contributed by atoms with Crippen molar-refractivity contribution in [3.05, 3.63) is 23.8 Å². The molecule has 0 aromatic heterocycles. The molecule has 1 rings (SSSR count). The number of benzene rings is 1. The molecule has 0 fully saturated rings. The van der Waals surface area contributed by atoms with Crippen LogP contribution in [0.4, 0.5) is 14.5 Å². The highest BCUT2D eigenvalue weighted by Gasteiger charge is 2.14. The van der Waals surface area contributed by atoms with Gasteiger partial charge in [-0.2, -0.15) is 0 Å². The number of aliphatic hydroxyl groups excluding tert-OH is 1. The molecule has 0 heterocycles. The Labute approximate surface area is 97.0 Å². The highest BCUT2D eigenvalue weighted by atomic mass is 35.5. The van der Waals surface area contributed by atoms with E-state index < -0.39 is 17.7 Å². The van der Waals surface area contributed by atoms with Crippen LogP contribution in [-0.4, -0.2) is 30.7 Å². The Morgan fingerprint density at radius 2 is 2.19 bits per heavy atom. The zero-order chi connectivity index (χ0) is 12.1. The van der Waals surface area contributed by atoms with Crippen molar-refractivity contribution in [1.82, 2.24) is 0 Å². The van der Waals surface area contributed by atoms with E-state index >= 15 is 0 Å². The lowest BCUT2D eigenvalue weighted by Crippen LogP contribution is -2.21. The predicted octanol–water partition coefficient (Wildman–Crippen LogP) is 1.98. The van der Waals surface area contributed by atoms with Gasteiger partial charge in [0.1, 0.15) is 11.5 Å². The van der Waals surface area contributed by atoms with Crippen molar-refractivity contribution in [1.29, 1.82) is 0 Å². The first-order chi connectivity index (χ1) is 7.60. The molecule has 0 spiro atoms. The van der Waals surface area contributed by atoms with Crippen LogP contribution >= 0.6 is 11.6 Å². The molecule has 2 N–H and O–H groups in total. The van der Waals surface area contributed by atoms with E-state index in [9.17, 15) is 8.78 Å². The maximum Gasteiger partial charge on any atom is 0.191 e. The van der Waals surface area contributed by atoms with Crippen LogP contribution in [0.1, 0.15) is 0 Å². The van der Waals surface area contributed by atoms with Crippen LogP contribution in [0, 0.1) is 11.6 Å². The van der Waals surface area contributed by atoms with Crippen molar-refractivity contribution in [3.8, 4) is 5.75 Å². The highest BCUT2D eigenvalue weighted by Crippen LogP contribution is 2.27. The fourth-order valence-corrected chi connectivity index (χ4v) is 1.24. The number of rotatable bonds is 5. The van der Waals surface area contributed by atoms with Gasteiger partial charge in [-0.05, 0) is 12.1 Å². The number of aliphatic hydroxyl groups is 1. The van der Waals surface area contributed by atoms with Gasteiger partial charge in [0, 0.05) is 6.54 Å². The van der Waals surface area contributed by atoms with E-state index in [0.29, 0.717) is 0 Å². The monoisotopic (exact) mass is 251 g/mol. The van der Waals surface area contributed by atoms with E-state index in [1.807, 2.05) is 0 Å². The van der Waals surface area contributed by atoms with Crippen molar-refractivity contribution in [2.24, 2.45) is 0 Å². The maximum absolute atomic E-state index is 13.5. The van der Waals surface area contributed by atoms with Gasteiger partial charge in [-0.3, -0.25) is 0 Å². The zero-order valence-electron chi connectivity index (χ0n) is 8.64. The summed E-state index contributed by atoms with van der Waals surface area (Å²) in [4.78, 5) is 0. The lowest BCUT2D eigenvalue weighted by atomic mass is 10.2. The molecular formula is C10H12ClF2NO2. The number of anilines is 1. The topological polar surface area (TPSA) is 41.5 Å². The summed E-state index contributed by atoms with van der Waals surface area (Å²) in [6.45, 7) is -0.0372. The van der Waals surface area contributed by atoms with Gasteiger partial charge >= 0.3 is 0 Å². The average Bonchev–Trinajstić information content (AvgIpc) is 2.28. The molecule has 3 nitrogen and oxygen atoms in total. The lowest BCUT2D eigenvalue weighted by Gasteiger charge is -2.13. The molecule has 0 aliphatic carbocycles. The molecule has 0 saturated heterocycles. The molecular weight excluding hydrogens is 240 g/mol. The third-order valence-corrected chi connectivity index (χ3v) is 2.32. The molecule has 0 saturated carbocycles. The second kappa shape index (κ2) is 5.86. The van der Waals surface area contributed by atoms with Gasteiger partial charge in [0.2, 0.25) is 0 Å². The Bertz CT molecular complexity index is 363. The maximum atomic E-state index is 13.5. The number of halogens is 3. The number of nitrogens with one attached hydrogen (secondary N) is 1. The van der Waals surface area contributed by atoms with Gasteiger partial charge < -0.3 is 15.2 Å². The Balaban J connectivity index is 2.85. The molecule has 0 amide bonds. The molecule has 0 bridgehead atoms. The normalized spacial score (nSPS) is 12.3. The Morgan fingerprint density at radius 1 is 1.50 bits per heavy atom. The average molecular weight is 252 g/mol. The largest absolute Gasteiger partial charge is 0.494 e. The molecule has 0 radical (unpaired) electrons. The van der Waals surface area contributed by atoms with Gasteiger partial charge in [-0.1, -0.05) is 0 Å². The number of hydrogen-bond acceptors (Lipinski definition) is 3. The number of methoxy groups -OCH3 is 1. The van der Waals surface area contributed by atoms with Crippen LogP contribution in [0.5, 0.6) is 5.75 Å². The van der Waals surface area contributed by atoms with Gasteiger partial charge in [0.05, 0.1) is 19.1 Å². The van der Waals surface area contributed by atoms with Crippen molar-refractivity contribution < 1.29 is 18.6 Å². The summed E-state index contributed by atoms with van der Waals surface area (Å²) in [5.41, 5.74) is -0.330. The van der Waals surface area contributed by atoms with E-state index in [2.05, 4.69) is 5.32 Å². The van der Waals surface area contributed by atoms with E-state index in [4.69, 9.17) is 21.4 Å². The van der Waals surface area contributed by atoms with E-state index in [0.717, 1.165) is 6.07 Å². The quantitative estimate of drug-likeness (QED) is 0.787. The Morgan fingerprint density at radius 3 is 2.75 bits per heavy atom. The first-order valence-electron chi connectivity index (χ1n) is 4.60. The first-order valence-corrected chi connectivity index (χ1v) is 5.13. The summed E-state index contributed by atoms with van der Waals surface area (Å²) in [7, 11) is 1.29. The second-order valence-electron chi connectivity index (χ2n) is 3.13. The Hall–Kier alpha value is -1.07. The number of hydrogen-bond donors (Lipinski definition) is 2. The lowest BCUT2D eigenvalue weighted by molar-refractivity contribution is 0.211. The molecule has 1 atom stereocenters. The third kappa shape index (κ3) is 2.96. The van der Waals surface area contributed by atoms with Crippen LogP contribution in [0.25, 0.3) is 0 Å². The van der Waals surface area contributed by atoms with E-state index in [-0.39, 0.29) is 23.9 Å². The number of alkyl halides is 1. The van der Waals surface area contributed by atoms with Crippen molar-refractivity contribution in [3.63, 3.8) is 0 Å². The molecule has 6 heteroatoms. The summed E-state index contributed by atoms with van der Waals surface area (Å²) >= 11 is 5.35. The van der Waals surface area contributed by atoms with Crippen molar-refractivity contribution in [2.45, 2.75) is 6.10 Å². The zero-order valence-corrected chi connectivity index (χ0v) is 9.39. The van der Waals surface area contributed by atoms with E-state index in [1.165, 1.54) is 13.2 Å². The molecule has 0 aliphatic heterocycles. The summed E-state index contributed by atoms with van der Waals surface area (Å²) in [5, 5.41) is 11.6. The molecule has 1 unspecified atom stereocenters. The SMILES string of the molecule is COc1ccc(F)c(NCC(O)CCl)c1F. The highest BCUT2D eigenvalue weighted by molar-refractivity contribution is 6.18. The van der Waals surface area contributed by atoms with Crippen LogP contribution in [-0.2, 0) is 0 Å². The fourth-order valence-electron chi connectivity index (χ4n) is 1.13. The van der Waals surface area contributed by atoms with Gasteiger partial charge in [-0.25, -0.2) is 8.78 Å². The van der Waals surface area contributed by atoms with Crippen LogP contribution < -0.4 is 10.1 Å². The van der Waals surface area contributed by atoms with Crippen molar-refractivity contribution in [2.75, 3.05) is 24.9 Å². The van der Waals surface area contributed by atoms with Gasteiger partial charge in [-0.15, -0.1) is 11.6 Å². The smallest absolute Gasteiger partial charge is 0.191 e. The third-order valence-electron chi connectivity index (χ3n) is 1.97. The molecule has 0 aliphatic rings. The Kier molecular flexibility index (Phi) is 4.76.